The third-order valence-electron chi connectivity index (χ3n) is 7.00. The molecule has 5 rings (SSSR count). The molecule has 2 atom stereocenters. The lowest BCUT2D eigenvalue weighted by atomic mass is 9.85. The number of rotatable bonds is 4. The third-order valence-corrected chi connectivity index (χ3v) is 7.00. The fraction of sp³-hybridized carbons (Fsp3) is 0.440. The van der Waals surface area contributed by atoms with Gasteiger partial charge in [0.25, 0.3) is 0 Å². The summed E-state index contributed by atoms with van der Waals surface area (Å²) in [4.78, 5) is 16.8. The normalized spacial score (nSPS) is 23.5. The number of amides is 2. The first-order chi connectivity index (χ1) is 16.7. The Bertz CT molecular complexity index is 1160. The molecule has 2 aliphatic heterocycles. The lowest BCUT2D eigenvalue weighted by molar-refractivity contribution is -0.183. The van der Waals surface area contributed by atoms with Gasteiger partial charge in [0.05, 0.1) is 49.6 Å². The first-order valence-electron chi connectivity index (χ1n) is 11.4. The molecular weight excluding hydrogens is 463 g/mol. The minimum atomic E-state index is -4.72. The Labute approximate surface area is 200 Å². The predicted octanol–water partition coefficient (Wildman–Crippen LogP) is 4.69. The molecule has 0 bridgehead atoms. The van der Waals surface area contributed by atoms with Gasteiger partial charge in [0.2, 0.25) is 0 Å². The zero-order valence-corrected chi connectivity index (χ0v) is 19.0. The number of alkyl halides is 3. The Morgan fingerprint density at radius 2 is 1.86 bits per heavy atom. The Morgan fingerprint density at radius 1 is 1.14 bits per heavy atom. The zero-order valence-electron chi connectivity index (χ0n) is 19.0. The molecule has 2 heterocycles. The van der Waals surface area contributed by atoms with E-state index in [0.717, 1.165) is 17.7 Å². The molecule has 1 aliphatic carbocycles. The Hall–Kier alpha value is -3.29. The van der Waals surface area contributed by atoms with Crippen LogP contribution in [-0.2, 0) is 22.2 Å². The standard InChI is InChI=1S/C25H24F3N3O4/c1-33-19-6-2-16(3-7-19)15-30-21-8-9-24(34-10-11-35-24)13-22(21)31(23(30)32)18-5-4-17(14-29)20(12-18)25(26,27)28/h2-7,12,21-22H,8-11,13,15H2,1H3/t21-,22-/m0/s1. The number of methoxy groups -OCH3 is 1. The molecule has 3 fully saturated rings. The van der Waals surface area contributed by atoms with Crippen molar-refractivity contribution in [1.82, 2.24) is 4.90 Å². The van der Waals surface area contributed by atoms with Crippen LogP contribution in [0.5, 0.6) is 5.75 Å². The number of fused-ring (bicyclic) bond motifs is 1. The average molecular weight is 487 g/mol. The van der Waals surface area contributed by atoms with E-state index in [0.29, 0.717) is 44.8 Å². The smallest absolute Gasteiger partial charge is 0.417 e. The maximum atomic E-state index is 13.7. The van der Waals surface area contributed by atoms with Gasteiger partial charge in [-0.3, -0.25) is 4.90 Å². The van der Waals surface area contributed by atoms with E-state index in [4.69, 9.17) is 14.2 Å². The highest BCUT2D eigenvalue weighted by Crippen LogP contribution is 2.46. The van der Waals surface area contributed by atoms with Gasteiger partial charge in [0, 0.05) is 25.1 Å². The van der Waals surface area contributed by atoms with Gasteiger partial charge in [-0.15, -0.1) is 0 Å². The second-order valence-electron chi connectivity index (χ2n) is 8.95. The molecule has 0 aromatic heterocycles. The van der Waals surface area contributed by atoms with Crippen LogP contribution in [0.3, 0.4) is 0 Å². The fourth-order valence-electron chi connectivity index (χ4n) is 5.35. The molecule has 2 amide bonds. The number of nitriles is 1. The second-order valence-corrected chi connectivity index (χ2v) is 8.95. The van der Waals surface area contributed by atoms with E-state index < -0.39 is 29.1 Å². The molecule has 7 nitrogen and oxygen atoms in total. The third kappa shape index (κ3) is 4.19. The van der Waals surface area contributed by atoms with Crippen LogP contribution >= 0.6 is 0 Å². The molecule has 3 aliphatic rings. The molecule has 184 valence electrons. The molecule has 2 aromatic carbocycles. The van der Waals surface area contributed by atoms with Crippen molar-refractivity contribution < 1.29 is 32.2 Å². The Morgan fingerprint density at radius 3 is 2.49 bits per heavy atom. The molecule has 2 saturated heterocycles. The second kappa shape index (κ2) is 8.73. The summed E-state index contributed by atoms with van der Waals surface area (Å²) in [7, 11) is 1.57. The van der Waals surface area contributed by atoms with Crippen LogP contribution in [0.1, 0.15) is 36.0 Å². The number of benzene rings is 2. The minimum absolute atomic E-state index is 0.101. The molecule has 1 spiro atoms. The van der Waals surface area contributed by atoms with Gasteiger partial charge in [-0.05, 0) is 42.3 Å². The van der Waals surface area contributed by atoms with E-state index in [1.807, 2.05) is 12.1 Å². The minimum Gasteiger partial charge on any atom is -0.497 e. The number of anilines is 1. The number of carbonyl (C=O) groups excluding carboxylic acids is 1. The van der Waals surface area contributed by atoms with E-state index in [2.05, 4.69) is 0 Å². The first-order valence-corrected chi connectivity index (χ1v) is 11.4. The van der Waals surface area contributed by atoms with Gasteiger partial charge in [-0.1, -0.05) is 12.1 Å². The van der Waals surface area contributed by atoms with Gasteiger partial charge in [0.15, 0.2) is 5.79 Å². The van der Waals surface area contributed by atoms with Gasteiger partial charge in [-0.2, -0.15) is 18.4 Å². The topological polar surface area (TPSA) is 75.0 Å². The van der Waals surface area contributed by atoms with Crippen molar-refractivity contribution in [2.24, 2.45) is 0 Å². The summed E-state index contributed by atoms with van der Waals surface area (Å²) in [6.45, 7) is 1.18. The zero-order chi connectivity index (χ0) is 24.8. The molecule has 10 heteroatoms. The van der Waals surface area contributed by atoms with Crippen LogP contribution in [0.2, 0.25) is 0 Å². The van der Waals surface area contributed by atoms with Crippen molar-refractivity contribution >= 4 is 11.7 Å². The first kappa shape index (κ1) is 23.5. The van der Waals surface area contributed by atoms with Gasteiger partial charge < -0.3 is 19.1 Å². The number of nitrogens with zero attached hydrogens (tertiary/aromatic N) is 3. The summed E-state index contributed by atoms with van der Waals surface area (Å²) in [5, 5.41) is 9.18. The van der Waals surface area contributed by atoms with Crippen LogP contribution in [-0.4, -0.2) is 49.1 Å². The van der Waals surface area contributed by atoms with Gasteiger partial charge in [0.1, 0.15) is 5.75 Å². The van der Waals surface area contributed by atoms with Crippen molar-refractivity contribution in [2.45, 2.75) is 49.9 Å². The van der Waals surface area contributed by atoms with Crippen molar-refractivity contribution in [3.8, 4) is 11.8 Å². The van der Waals surface area contributed by atoms with Gasteiger partial charge >= 0.3 is 12.2 Å². The summed E-state index contributed by atoms with van der Waals surface area (Å²) in [6.07, 6.45) is -3.19. The van der Waals surface area contributed by atoms with Crippen LogP contribution in [0.25, 0.3) is 0 Å². The summed E-state index contributed by atoms with van der Waals surface area (Å²) in [5.74, 6) is -0.150. The maximum absolute atomic E-state index is 13.7. The number of halogens is 3. The average Bonchev–Trinajstić information content (AvgIpc) is 3.40. The van der Waals surface area contributed by atoms with Crippen LogP contribution in [0.4, 0.5) is 23.7 Å². The van der Waals surface area contributed by atoms with Crippen LogP contribution < -0.4 is 9.64 Å². The SMILES string of the molecule is COc1ccc(CN2C(=O)N(c3ccc(C#N)c(C(F)(F)F)c3)[C@H]3CC4(CC[C@@H]32)OCCO4)cc1. The molecular formula is C25H24F3N3O4. The van der Waals surface area contributed by atoms with Crippen LogP contribution in [0.15, 0.2) is 42.5 Å². The Balaban J connectivity index is 1.52. The van der Waals surface area contributed by atoms with E-state index in [1.54, 1.807) is 30.2 Å². The summed E-state index contributed by atoms with van der Waals surface area (Å²) < 4.78 is 58.0. The largest absolute Gasteiger partial charge is 0.497 e. The molecule has 1 saturated carbocycles. The van der Waals surface area contributed by atoms with E-state index >= 15 is 0 Å². The molecule has 0 N–H and O–H groups in total. The quantitative estimate of drug-likeness (QED) is 0.626. The molecule has 35 heavy (non-hydrogen) atoms. The van der Waals surface area contributed by atoms with E-state index in [-0.39, 0.29) is 17.8 Å². The number of ether oxygens (including phenoxy) is 3. The summed E-state index contributed by atoms with van der Waals surface area (Å²) >= 11 is 0. The fourth-order valence-corrected chi connectivity index (χ4v) is 5.35. The van der Waals surface area contributed by atoms with Crippen molar-refractivity contribution in [1.29, 1.82) is 5.26 Å². The van der Waals surface area contributed by atoms with E-state index in [1.165, 1.54) is 11.0 Å². The van der Waals surface area contributed by atoms with Gasteiger partial charge in [-0.25, -0.2) is 4.79 Å². The highest BCUT2D eigenvalue weighted by atomic mass is 19.4. The monoisotopic (exact) mass is 487 g/mol. The lowest BCUT2D eigenvalue weighted by Crippen LogP contribution is -2.50. The number of carbonyl (C=O) groups is 1. The number of hydrogen-bond acceptors (Lipinski definition) is 5. The maximum Gasteiger partial charge on any atom is 0.417 e. The van der Waals surface area contributed by atoms with Crippen molar-refractivity contribution in [2.75, 3.05) is 25.2 Å². The highest BCUT2D eigenvalue weighted by molar-refractivity contribution is 5.96. The highest BCUT2D eigenvalue weighted by Gasteiger charge is 2.55. The number of hydrogen-bond donors (Lipinski definition) is 0. The Kier molecular flexibility index (Phi) is 5.85. The van der Waals surface area contributed by atoms with Crippen molar-refractivity contribution in [3.05, 3.63) is 59.2 Å². The molecule has 0 unspecified atom stereocenters. The molecule has 2 aromatic rings. The van der Waals surface area contributed by atoms with E-state index in [9.17, 15) is 23.2 Å². The predicted molar refractivity (Wildman–Crippen MR) is 119 cm³/mol. The summed E-state index contributed by atoms with van der Waals surface area (Å²) in [6, 6.07) is 11.3. The van der Waals surface area contributed by atoms with Crippen LogP contribution in [0, 0.1) is 11.3 Å². The number of urea groups is 1. The summed E-state index contributed by atoms with van der Waals surface area (Å²) in [5.41, 5.74) is -0.565. The lowest BCUT2D eigenvalue weighted by Gasteiger charge is -2.41. The van der Waals surface area contributed by atoms with Crippen molar-refractivity contribution in [3.63, 3.8) is 0 Å². The molecule has 0 radical (unpaired) electrons.